The van der Waals surface area contributed by atoms with Crippen LogP contribution in [0.1, 0.15) is 144 Å². The summed E-state index contributed by atoms with van der Waals surface area (Å²) >= 11 is 0. The van der Waals surface area contributed by atoms with Crippen LogP contribution in [0.25, 0.3) is 0 Å². The summed E-state index contributed by atoms with van der Waals surface area (Å²) in [4.78, 5) is 206. The van der Waals surface area contributed by atoms with Crippen molar-refractivity contribution in [2.24, 2.45) is 35.3 Å². The van der Waals surface area contributed by atoms with Gasteiger partial charge in [0.05, 0.1) is 42.7 Å². The van der Waals surface area contributed by atoms with Crippen LogP contribution in [-0.2, 0) is 102 Å². The number of hydrogen-bond donors (Lipinski definition) is 14. The van der Waals surface area contributed by atoms with Crippen molar-refractivity contribution in [1.29, 1.82) is 0 Å². The highest BCUT2D eigenvalue weighted by molar-refractivity contribution is 7.80. The average molecular weight is 1690 g/mol. The number of likely N-dealkylation sites (tertiary alicyclic amines) is 1. The minimum Gasteiger partial charge on any atom is -0.479 e. The number of carboxylic acids is 1. The van der Waals surface area contributed by atoms with E-state index in [1.54, 1.807) is 90.7 Å². The SMILES string of the molecule is CC[C@H](C)[C@@H]([C@@H](CC(=O)N1CCC[C@H]1[C@H](OC)[C@@H](C)C(=O)N[C@H](C)[C@@H](OS(=O)(=O)O)c1ccccc1)OC)N(C)C(=O)[C@@H](NC(=O)[C@H](C(C)C)N(C)C(=O)OCc1ccc(NC(=O)[C@H](CCCNC(N)=O)NC(=O)[C@@H](NC(=O)[C@H](CCC(=O)NC2O[C@H](C(=O)O)[C@@H](O)[C@H]2O)NC(=O)CCNC(=O)CN2C(=O)C=CC2=O)C(C)C)cc1)C(C)C. The van der Waals surface area contributed by atoms with Gasteiger partial charge in [-0.1, -0.05) is 111 Å². The van der Waals surface area contributed by atoms with Gasteiger partial charge in [-0.25, -0.2) is 18.6 Å². The number of anilines is 1. The highest BCUT2D eigenvalue weighted by Crippen LogP contribution is 2.32. The van der Waals surface area contributed by atoms with Gasteiger partial charge in [0.25, 0.3) is 11.8 Å². The van der Waals surface area contributed by atoms with Gasteiger partial charge < -0.3 is 97.7 Å². The Hall–Kier alpha value is -10.3. The maximum atomic E-state index is 14.9. The molecule has 1 unspecified atom stereocenters. The third-order valence-corrected chi connectivity index (χ3v) is 21.2. The number of rotatable bonds is 46. The van der Waals surface area contributed by atoms with Crippen molar-refractivity contribution in [1.82, 2.24) is 62.1 Å². The molecule has 3 aliphatic rings. The number of aliphatic hydroxyl groups excluding tert-OH is 2. The molecule has 17 atom stereocenters. The van der Waals surface area contributed by atoms with E-state index >= 15 is 0 Å². The molecule has 3 heterocycles. The molecular weight excluding hydrogens is 1570 g/mol. The fourth-order valence-corrected chi connectivity index (χ4v) is 14.6. The lowest BCUT2D eigenvalue weighted by Gasteiger charge is -2.41. The second-order valence-corrected chi connectivity index (χ2v) is 31.5. The summed E-state index contributed by atoms with van der Waals surface area (Å²) in [5.41, 5.74) is 6.24. The van der Waals surface area contributed by atoms with E-state index in [9.17, 15) is 100 Å². The molecular formula is C77H116N14O26S. The lowest BCUT2D eigenvalue weighted by molar-refractivity contribution is -0.155. The third-order valence-electron chi connectivity index (χ3n) is 20.7. The number of nitrogens with two attached hydrogens (primary N) is 1. The van der Waals surface area contributed by atoms with Crippen molar-refractivity contribution >= 4 is 105 Å². The van der Waals surface area contributed by atoms with E-state index < -0.39 is 234 Å². The summed E-state index contributed by atoms with van der Waals surface area (Å²) in [5.74, 6) is -13.5. The fourth-order valence-electron chi connectivity index (χ4n) is 14.1. The Morgan fingerprint density at radius 1 is 0.678 bits per heavy atom. The Morgan fingerprint density at radius 3 is 1.86 bits per heavy atom. The molecule has 2 aromatic carbocycles. The van der Waals surface area contributed by atoms with Crippen molar-refractivity contribution in [3.05, 3.63) is 77.9 Å². The van der Waals surface area contributed by atoms with Crippen molar-refractivity contribution in [3.8, 4) is 0 Å². The molecule has 0 aliphatic carbocycles. The molecule has 5 rings (SSSR count). The van der Waals surface area contributed by atoms with Crippen LogP contribution in [0, 0.1) is 29.6 Å². The fraction of sp³-hybridized carbons (Fsp3) is 0.623. The molecule has 41 heteroatoms. The van der Waals surface area contributed by atoms with Crippen molar-refractivity contribution in [2.75, 3.05) is 59.8 Å². The van der Waals surface area contributed by atoms with Crippen LogP contribution in [0.15, 0.2) is 66.7 Å². The smallest absolute Gasteiger partial charge is 0.410 e. The van der Waals surface area contributed by atoms with E-state index in [-0.39, 0.29) is 56.5 Å². The number of nitrogens with zero attached hydrogens (tertiary/aromatic N) is 4. The second kappa shape index (κ2) is 46.2. The van der Waals surface area contributed by atoms with Gasteiger partial charge in [-0.05, 0) is 86.0 Å². The molecule has 15 N–H and O–H groups in total. The molecule has 0 spiro atoms. The molecule has 2 saturated heterocycles. The number of carbonyl (C=O) groups excluding carboxylic acids is 14. The summed E-state index contributed by atoms with van der Waals surface area (Å²) in [6, 6.07) is 4.15. The van der Waals surface area contributed by atoms with E-state index in [4.69, 9.17) is 28.9 Å². The summed E-state index contributed by atoms with van der Waals surface area (Å²) in [6.07, 6.45) is -9.71. The molecule has 0 aromatic heterocycles. The van der Waals surface area contributed by atoms with E-state index in [0.29, 0.717) is 41.8 Å². The standard InChI is InChI=1S/C77H116N14O26S/c1-15-43(8)62(52(113-13)37-58(97)90-36-20-24-51(90)65(114-14)44(9)68(100)81-45(10)66(117-118(110,111)112)47-21-17-16-18-22-47)88(11)74(105)60(41(4)5)87-72(104)61(42(6)7)89(12)77(109)115-39-46-25-27-48(28-26-46)82-69(101)49(23-19-34-80-76(78)108)84-71(103)59(40(2)3)86-70(102)50(29-30-53(92)85-73-64(99)63(98)67(116-73)75(106)107)83-54(93)33-35-79-55(94)38-91-56(95)31-32-57(91)96/h16-18,21-22,25-28,31-32,40-45,49-52,59-67,73,98-99H,15,19-20,23-24,29-30,33-39H2,1-14H3,(H,79,94)(H,81,100)(H,82,101)(H,83,93)(H,84,103)(H,85,92)(H,86,102)(H,87,104)(H,106,107)(H3,78,80,108)(H,110,111,112)/t43-,44+,45+,49-,50-,51-,52+,59-,60-,61-,62-,63-,64+,65+,66+,67-,73?/m0/s1. The highest BCUT2D eigenvalue weighted by Gasteiger charge is 2.48. The molecule has 3 aliphatic heterocycles. The number of likely N-dealkylation sites (N-methyl/N-ethyl adjacent to an activating group) is 2. The molecule has 0 saturated carbocycles. The van der Waals surface area contributed by atoms with Gasteiger partial charge in [0, 0.05) is 78.6 Å². The van der Waals surface area contributed by atoms with Gasteiger partial charge in [-0.15, -0.1) is 0 Å². The summed E-state index contributed by atoms with van der Waals surface area (Å²) in [5, 5.41) is 52.8. The van der Waals surface area contributed by atoms with E-state index in [2.05, 4.69) is 47.9 Å². The van der Waals surface area contributed by atoms with Crippen LogP contribution >= 0.6 is 0 Å². The lowest BCUT2D eigenvalue weighted by Crippen LogP contribution is -2.60. The van der Waals surface area contributed by atoms with Crippen LogP contribution in [0.5, 0.6) is 0 Å². The molecule has 15 amide bonds. The topological polar surface area (TPSA) is 565 Å². The number of carboxylic acid groups (broad SMARTS) is 1. The van der Waals surface area contributed by atoms with Crippen LogP contribution < -0.4 is 53.6 Å². The molecule has 2 fully saturated rings. The van der Waals surface area contributed by atoms with E-state index in [0.717, 1.165) is 17.1 Å². The second-order valence-electron chi connectivity index (χ2n) is 30.5. The predicted molar refractivity (Wildman–Crippen MR) is 421 cm³/mol. The lowest BCUT2D eigenvalue weighted by atomic mass is 9.89. The zero-order valence-corrected chi connectivity index (χ0v) is 69.7. The number of aliphatic carboxylic acids is 1. The first kappa shape index (κ1) is 98.3. The normalized spacial score (nSPS) is 19.7. The number of nitrogens with one attached hydrogen (secondary N) is 9. The van der Waals surface area contributed by atoms with Crippen molar-refractivity contribution in [3.63, 3.8) is 0 Å². The number of primary amides is 1. The minimum absolute atomic E-state index is 0.0414. The molecule has 656 valence electrons. The van der Waals surface area contributed by atoms with E-state index in [1.165, 1.54) is 57.4 Å². The number of hydrogen-bond acceptors (Lipinski definition) is 24. The van der Waals surface area contributed by atoms with Crippen LogP contribution in [-0.4, -0.2) is 276 Å². The number of ether oxygens (including phenoxy) is 4. The van der Waals surface area contributed by atoms with E-state index in [1.807, 2.05) is 13.8 Å². The summed E-state index contributed by atoms with van der Waals surface area (Å²) < 4.78 is 61.2. The van der Waals surface area contributed by atoms with Crippen LogP contribution in [0.2, 0.25) is 0 Å². The zero-order chi connectivity index (χ0) is 88.3. The number of carbonyl (C=O) groups is 15. The van der Waals surface area contributed by atoms with Crippen molar-refractivity contribution < 1.29 is 123 Å². The van der Waals surface area contributed by atoms with Gasteiger partial charge in [-0.2, -0.15) is 8.42 Å². The molecule has 0 bridgehead atoms. The van der Waals surface area contributed by atoms with Gasteiger partial charge in [0.1, 0.15) is 61.7 Å². The van der Waals surface area contributed by atoms with Gasteiger partial charge in [-0.3, -0.25) is 71.9 Å². The van der Waals surface area contributed by atoms with Gasteiger partial charge in [0.2, 0.25) is 59.1 Å². The number of methoxy groups -OCH3 is 2. The van der Waals surface area contributed by atoms with Crippen LogP contribution in [0.3, 0.4) is 0 Å². The largest absolute Gasteiger partial charge is 0.479 e. The van der Waals surface area contributed by atoms with Crippen molar-refractivity contribution in [2.45, 2.75) is 225 Å². The molecule has 2 aromatic rings. The first-order chi connectivity index (χ1) is 55.4. The number of urea groups is 1. The Kier molecular flexibility index (Phi) is 38.4. The molecule has 0 radical (unpaired) electrons. The van der Waals surface area contributed by atoms with Gasteiger partial charge >= 0.3 is 28.5 Å². The Bertz CT molecular complexity index is 3970. The van der Waals surface area contributed by atoms with Gasteiger partial charge in [0.15, 0.2) is 12.3 Å². The third kappa shape index (κ3) is 28.8. The number of imide groups is 1. The zero-order valence-electron chi connectivity index (χ0n) is 68.8. The monoisotopic (exact) mass is 1680 g/mol. The molecule has 40 nitrogen and oxygen atoms in total. The number of amides is 15. The predicted octanol–water partition coefficient (Wildman–Crippen LogP) is -0.238. The summed E-state index contributed by atoms with van der Waals surface area (Å²) in [6.45, 7) is 15.8. The Labute approximate surface area is 685 Å². The Balaban J connectivity index is 1.23. The first-order valence-corrected chi connectivity index (χ1v) is 40.3. The quantitative estimate of drug-likeness (QED) is 0.0231. The maximum Gasteiger partial charge on any atom is 0.410 e. The Morgan fingerprint density at radius 2 is 1.30 bits per heavy atom. The first-order valence-electron chi connectivity index (χ1n) is 39.0. The maximum absolute atomic E-state index is 14.9. The molecule has 118 heavy (non-hydrogen) atoms. The minimum atomic E-state index is -4.95. The van der Waals surface area contributed by atoms with Crippen LogP contribution in [0.4, 0.5) is 15.3 Å². The number of benzene rings is 2. The number of aliphatic hydroxyl groups is 2. The summed E-state index contributed by atoms with van der Waals surface area (Å²) in [7, 11) is 0.838. The highest BCUT2D eigenvalue weighted by atomic mass is 32.3. The average Bonchev–Trinajstić information content (AvgIpc) is 1.53.